The molecule has 0 aliphatic carbocycles. The second-order valence-electron chi connectivity index (χ2n) is 5.83. The summed E-state index contributed by atoms with van der Waals surface area (Å²) in [5, 5.41) is 4.98. The third kappa shape index (κ3) is 6.01. The first kappa shape index (κ1) is 20.8. The van der Waals surface area contributed by atoms with Crippen molar-refractivity contribution in [2.75, 3.05) is 34.4 Å². The van der Waals surface area contributed by atoms with Crippen LogP contribution in [0.15, 0.2) is 42.3 Å². The zero-order chi connectivity index (χ0) is 19.6. The Bertz CT molecular complexity index is 747. The zero-order valence-corrected chi connectivity index (χ0v) is 16.8. The van der Waals surface area contributed by atoms with Crippen molar-refractivity contribution in [3.63, 3.8) is 0 Å². The first-order valence-electron chi connectivity index (χ1n) is 8.52. The van der Waals surface area contributed by atoms with Crippen LogP contribution in [0.25, 0.3) is 0 Å². The molecule has 0 aliphatic rings. The minimum absolute atomic E-state index is 0.0646. The molecule has 0 atom stereocenters. The largest absolute Gasteiger partial charge is 0.496 e. The Kier molecular flexibility index (Phi) is 8.16. The second kappa shape index (κ2) is 10.6. The monoisotopic (exact) mass is 390 g/mol. The van der Waals surface area contributed by atoms with Gasteiger partial charge in [0.2, 0.25) is 5.91 Å². The number of rotatable bonds is 11. The number of benzene rings is 1. The molecule has 0 aliphatic heterocycles. The van der Waals surface area contributed by atoms with Crippen LogP contribution in [-0.2, 0) is 17.9 Å². The molecule has 146 valence electrons. The Morgan fingerprint density at radius 1 is 1.19 bits per heavy atom. The Morgan fingerprint density at radius 2 is 1.89 bits per heavy atom. The summed E-state index contributed by atoms with van der Waals surface area (Å²) in [4.78, 5) is 15.7. The van der Waals surface area contributed by atoms with Crippen LogP contribution in [0.4, 0.5) is 0 Å². The van der Waals surface area contributed by atoms with Gasteiger partial charge in [-0.2, -0.15) is 0 Å². The SMILES string of the molecule is C=CCN(CC(=O)NCc1cc(OC)c(OC)cc1OC)Cc1cccs1. The summed E-state index contributed by atoms with van der Waals surface area (Å²) in [7, 11) is 4.73. The predicted octanol–water partition coefficient (Wildman–Crippen LogP) is 3.08. The fourth-order valence-electron chi connectivity index (χ4n) is 2.67. The van der Waals surface area contributed by atoms with Crippen molar-refractivity contribution in [1.82, 2.24) is 10.2 Å². The zero-order valence-electron chi connectivity index (χ0n) is 16.0. The number of hydrogen-bond donors (Lipinski definition) is 1. The van der Waals surface area contributed by atoms with Crippen LogP contribution in [0, 0.1) is 0 Å². The van der Waals surface area contributed by atoms with Crippen molar-refractivity contribution in [3.8, 4) is 17.2 Å². The maximum absolute atomic E-state index is 12.4. The molecule has 0 spiro atoms. The summed E-state index contributed by atoms with van der Waals surface area (Å²) in [5.41, 5.74) is 0.817. The summed E-state index contributed by atoms with van der Waals surface area (Å²) in [6.45, 7) is 5.77. The van der Waals surface area contributed by atoms with E-state index in [0.29, 0.717) is 36.9 Å². The van der Waals surface area contributed by atoms with Crippen molar-refractivity contribution in [2.24, 2.45) is 0 Å². The summed E-state index contributed by atoms with van der Waals surface area (Å²) >= 11 is 1.68. The van der Waals surface area contributed by atoms with E-state index in [1.807, 2.05) is 22.4 Å². The molecule has 0 saturated carbocycles. The summed E-state index contributed by atoms with van der Waals surface area (Å²) in [6, 6.07) is 7.63. The Hall–Kier alpha value is -2.51. The highest BCUT2D eigenvalue weighted by Gasteiger charge is 2.14. The van der Waals surface area contributed by atoms with E-state index in [1.165, 1.54) is 4.88 Å². The van der Waals surface area contributed by atoms with E-state index in [1.54, 1.807) is 44.8 Å². The molecule has 1 N–H and O–H groups in total. The van der Waals surface area contributed by atoms with Gasteiger partial charge in [0.05, 0.1) is 27.9 Å². The normalized spacial score (nSPS) is 10.5. The Labute approximate surface area is 164 Å². The molecule has 1 amide bonds. The van der Waals surface area contributed by atoms with E-state index in [0.717, 1.165) is 12.1 Å². The van der Waals surface area contributed by atoms with E-state index in [4.69, 9.17) is 14.2 Å². The first-order chi connectivity index (χ1) is 13.1. The lowest BCUT2D eigenvalue weighted by Gasteiger charge is -2.20. The van der Waals surface area contributed by atoms with Crippen LogP contribution in [-0.4, -0.2) is 45.2 Å². The van der Waals surface area contributed by atoms with E-state index in [9.17, 15) is 4.79 Å². The molecule has 7 heteroatoms. The van der Waals surface area contributed by atoms with Gasteiger partial charge in [-0.15, -0.1) is 17.9 Å². The van der Waals surface area contributed by atoms with E-state index in [2.05, 4.69) is 18.0 Å². The van der Waals surface area contributed by atoms with Gasteiger partial charge in [0, 0.05) is 36.1 Å². The van der Waals surface area contributed by atoms with E-state index < -0.39 is 0 Å². The quantitative estimate of drug-likeness (QED) is 0.598. The maximum Gasteiger partial charge on any atom is 0.234 e. The van der Waals surface area contributed by atoms with Gasteiger partial charge in [0.1, 0.15) is 5.75 Å². The first-order valence-corrected chi connectivity index (χ1v) is 9.40. The fraction of sp³-hybridized carbons (Fsp3) is 0.350. The molecule has 0 saturated heterocycles. The second-order valence-corrected chi connectivity index (χ2v) is 6.87. The van der Waals surface area contributed by atoms with Gasteiger partial charge >= 0.3 is 0 Å². The molecule has 2 rings (SSSR count). The minimum atomic E-state index is -0.0646. The van der Waals surface area contributed by atoms with Gasteiger partial charge in [-0.05, 0) is 17.5 Å². The number of carbonyl (C=O) groups excluding carboxylic acids is 1. The smallest absolute Gasteiger partial charge is 0.234 e. The average molecular weight is 391 g/mol. The van der Waals surface area contributed by atoms with Crippen molar-refractivity contribution in [2.45, 2.75) is 13.1 Å². The van der Waals surface area contributed by atoms with Gasteiger partial charge in [-0.25, -0.2) is 0 Å². The van der Waals surface area contributed by atoms with Gasteiger partial charge in [-0.3, -0.25) is 9.69 Å². The molecule has 6 nitrogen and oxygen atoms in total. The number of carbonyl (C=O) groups is 1. The Balaban J connectivity index is 2.00. The lowest BCUT2D eigenvalue weighted by Crippen LogP contribution is -2.36. The minimum Gasteiger partial charge on any atom is -0.496 e. The fourth-order valence-corrected chi connectivity index (χ4v) is 3.42. The van der Waals surface area contributed by atoms with Crippen molar-refractivity contribution in [1.29, 1.82) is 0 Å². The highest BCUT2D eigenvalue weighted by molar-refractivity contribution is 7.09. The topological polar surface area (TPSA) is 60.0 Å². The molecular weight excluding hydrogens is 364 g/mol. The average Bonchev–Trinajstić information content (AvgIpc) is 3.18. The molecule has 1 aromatic heterocycles. The number of nitrogens with one attached hydrogen (secondary N) is 1. The van der Waals surface area contributed by atoms with Crippen molar-refractivity contribution < 1.29 is 19.0 Å². The summed E-state index contributed by atoms with van der Waals surface area (Å²) < 4.78 is 16.0. The molecule has 0 bridgehead atoms. The predicted molar refractivity (Wildman–Crippen MR) is 108 cm³/mol. The van der Waals surface area contributed by atoms with Crippen LogP contribution in [0.3, 0.4) is 0 Å². The third-order valence-corrected chi connectivity index (χ3v) is 4.84. The highest BCUT2D eigenvalue weighted by atomic mass is 32.1. The van der Waals surface area contributed by atoms with Crippen molar-refractivity contribution >= 4 is 17.2 Å². The lowest BCUT2D eigenvalue weighted by atomic mass is 10.1. The molecule has 1 heterocycles. The number of hydrogen-bond acceptors (Lipinski definition) is 6. The molecule has 0 unspecified atom stereocenters. The molecule has 2 aromatic rings. The van der Waals surface area contributed by atoms with Crippen LogP contribution in [0.1, 0.15) is 10.4 Å². The van der Waals surface area contributed by atoms with Crippen LogP contribution < -0.4 is 19.5 Å². The number of ether oxygens (including phenoxy) is 3. The summed E-state index contributed by atoms with van der Waals surface area (Å²) in [6.07, 6.45) is 1.80. The van der Waals surface area contributed by atoms with Gasteiger partial charge < -0.3 is 19.5 Å². The van der Waals surface area contributed by atoms with Gasteiger partial charge in [0.25, 0.3) is 0 Å². The van der Waals surface area contributed by atoms with Crippen LogP contribution in [0.2, 0.25) is 0 Å². The van der Waals surface area contributed by atoms with E-state index in [-0.39, 0.29) is 5.91 Å². The van der Waals surface area contributed by atoms with Gasteiger partial charge in [0.15, 0.2) is 11.5 Å². The molecule has 0 radical (unpaired) electrons. The number of methoxy groups -OCH3 is 3. The van der Waals surface area contributed by atoms with Gasteiger partial charge in [-0.1, -0.05) is 12.1 Å². The van der Waals surface area contributed by atoms with Crippen LogP contribution >= 0.6 is 11.3 Å². The third-order valence-electron chi connectivity index (χ3n) is 3.98. The summed E-state index contributed by atoms with van der Waals surface area (Å²) in [5.74, 6) is 1.74. The highest BCUT2D eigenvalue weighted by Crippen LogP contribution is 2.34. The molecular formula is C20H26N2O4S. The van der Waals surface area contributed by atoms with E-state index >= 15 is 0 Å². The Morgan fingerprint density at radius 3 is 2.48 bits per heavy atom. The van der Waals surface area contributed by atoms with Crippen molar-refractivity contribution in [3.05, 3.63) is 52.7 Å². The maximum atomic E-state index is 12.4. The molecule has 0 fully saturated rings. The lowest BCUT2D eigenvalue weighted by molar-refractivity contribution is -0.122. The number of thiophene rings is 1. The standard InChI is InChI=1S/C20H26N2O4S/c1-5-8-22(13-16-7-6-9-27-16)14-20(23)21-12-15-10-18(25-3)19(26-4)11-17(15)24-2/h5-7,9-11H,1,8,12-14H2,2-4H3,(H,21,23). The molecule has 27 heavy (non-hydrogen) atoms. The molecule has 1 aromatic carbocycles. The number of amides is 1. The number of nitrogens with zero attached hydrogens (tertiary/aromatic N) is 1. The van der Waals surface area contributed by atoms with Crippen LogP contribution in [0.5, 0.6) is 17.2 Å².